The monoisotopic (exact) mass is 174 g/mol. The Kier molecular flexibility index (Phi) is 3.76. The van der Waals surface area contributed by atoms with Gasteiger partial charge in [0.2, 0.25) is 0 Å². The van der Waals surface area contributed by atoms with Crippen LogP contribution in [0.2, 0.25) is 0 Å². The van der Waals surface area contributed by atoms with Crippen LogP contribution in [0.25, 0.3) is 6.08 Å². The molecule has 0 atom stereocenters. The molecule has 0 unspecified atom stereocenters. The SMILES string of the molecule is C=C(N)CC/C=C/c1cccnc1. The molecule has 0 saturated heterocycles. The summed E-state index contributed by atoms with van der Waals surface area (Å²) in [6, 6.07) is 3.93. The lowest BCUT2D eigenvalue weighted by Crippen LogP contribution is -1.92. The molecular formula is C11H14N2. The quantitative estimate of drug-likeness (QED) is 0.761. The second kappa shape index (κ2) is 5.14. The van der Waals surface area contributed by atoms with E-state index in [-0.39, 0.29) is 0 Å². The van der Waals surface area contributed by atoms with E-state index in [1.165, 1.54) is 0 Å². The summed E-state index contributed by atoms with van der Waals surface area (Å²) in [7, 11) is 0. The van der Waals surface area contributed by atoms with Crippen LogP contribution in [-0.4, -0.2) is 4.98 Å². The predicted octanol–water partition coefficient (Wildman–Crippen LogP) is 2.35. The molecule has 1 aromatic heterocycles. The molecule has 2 N–H and O–H groups in total. The van der Waals surface area contributed by atoms with Gasteiger partial charge in [-0.05, 0) is 24.5 Å². The fraction of sp³-hybridized carbons (Fsp3) is 0.182. The Bertz CT molecular complexity index is 288. The first-order valence-electron chi connectivity index (χ1n) is 4.29. The van der Waals surface area contributed by atoms with Crippen LogP contribution in [0.1, 0.15) is 18.4 Å². The molecule has 0 aliphatic rings. The first-order valence-corrected chi connectivity index (χ1v) is 4.29. The van der Waals surface area contributed by atoms with Crippen LogP contribution in [0, 0.1) is 0 Å². The Hall–Kier alpha value is -1.57. The predicted molar refractivity (Wildman–Crippen MR) is 55.8 cm³/mol. The standard InChI is InChI=1S/C11H14N2/c1-10(12)5-2-3-6-11-7-4-8-13-9-11/h3-4,6-9H,1-2,5,12H2/b6-3+. The number of pyridine rings is 1. The molecule has 1 heterocycles. The minimum Gasteiger partial charge on any atom is -0.403 e. The lowest BCUT2D eigenvalue weighted by Gasteiger charge is -1.93. The van der Waals surface area contributed by atoms with Crippen LogP contribution >= 0.6 is 0 Å². The summed E-state index contributed by atoms with van der Waals surface area (Å²) in [4.78, 5) is 4.01. The summed E-state index contributed by atoms with van der Waals surface area (Å²) in [5.41, 5.74) is 7.28. The normalized spacial score (nSPS) is 10.5. The number of nitrogens with zero attached hydrogens (tertiary/aromatic N) is 1. The maximum absolute atomic E-state index is 5.43. The molecule has 0 spiro atoms. The Morgan fingerprint density at radius 2 is 2.46 bits per heavy atom. The molecule has 0 aliphatic heterocycles. The maximum Gasteiger partial charge on any atom is 0.0340 e. The van der Waals surface area contributed by atoms with Crippen molar-refractivity contribution in [1.29, 1.82) is 0 Å². The summed E-state index contributed by atoms with van der Waals surface area (Å²) in [5.74, 6) is 0. The molecule has 0 fully saturated rings. The fourth-order valence-electron chi connectivity index (χ4n) is 0.963. The molecule has 13 heavy (non-hydrogen) atoms. The molecular weight excluding hydrogens is 160 g/mol. The summed E-state index contributed by atoms with van der Waals surface area (Å²) in [6.07, 6.45) is 9.48. The average molecular weight is 174 g/mol. The second-order valence-corrected chi connectivity index (χ2v) is 2.89. The Morgan fingerprint density at radius 3 is 3.08 bits per heavy atom. The van der Waals surface area contributed by atoms with Crippen molar-refractivity contribution in [1.82, 2.24) is 4.98 Å². The van der Waals surface area contributed by atoms with Gasteiger partial charge in [-0.1, -0.05) is 24.8 Å². The van der Waals surface area contributed by atoms with Crippen molar-refractivity contribution in [2.75, 3.05) is 0 Å². The van der Waals surface area contributed by atoms with Gasteiger partial charge in [0, 0.05) is 18.1 Å². The highest BCUT2D eigenvalue weighted by Gasteiger charge is 1.85. The van der Waals surface area contributed by atoms with Crippen molar-refractivity contribution in [2.24, 2.45) is 5.73 Å². The Labute approximate surface area is 78.8 Å². The van der Waals surface area contributed by atoms with E-state index in [1.807, 2.05) is 24.4 Å². The number of hydrogen-bond acceptors (Lipinski definition) is 2. The van der Waals surface area contributed by atoms with E-state index < -0.39 is 0 Å². The first-order chi connectivity index (χ1) is 6.29. The van der Waals surface area contributed by atoms with Crippen molar-refractivity contribution in [3.8, 4) is 0 Å². The third kappa shape index (κ3) is 4.11. The van der Waals surface area contributed by atoms with E-state index in [2.05, 4.69) is 17.6 Å². The number of hydrogen-bond donors (Lipinski definition) is 1. The molecule has 0 radical (unpaired) electrons. The zero-order valence-corrected chi connectivity index (χ0v) is 7.61. The van der Waals surface area contributed by atoms with E-state index in [0.717, 1.165) is 24.1 Å². The van der Waals surface area contributed by atoms with Crippen molar-refractivity contribution in [2.45, 2.75) is 12.8 Å². The second-order valence-electron chi connectivity index (χ2n) is 2.89. The van der Waals surface area contributed by atoms with E-state index in [1.54, 1.807) is 6.20 Å². The van der Waals surface area contributed by atoms with E-state index in [9.17, 15) is 0 Å². The van der Waals surface area contributed by atoms with Crippen molar-refractivity contribution in [3.63, 3.8) is 0 Å². The first kappa shape index (κ1) is 9.52. The van der Waals surface area contributed by atoms with E-state index in [4.69, 9.17) is 5.73 Å². The summed E-state index contributed by atoms with van der Waals surface area (Å²) in [6.45, 7) is 3.63. The molecule has 0 amide bonds. The van der Waals surface area contributed by atoms with Gasteiger partial charge >= 0.3 is 0 Å². The smallest absolute Gasteiger partial charge is 0.0340 e. The Balaban J connectivity index is 2.37. The third-order valence-electron chi connectivity index (χ3n) is 1.63. The van der Waals surface area contributed by atoms with Gasteiger partial charge < -0.3 is 5.73 Å². The van der Waals surface area contributed by atoms with Crippen LogP contribution in [-0.2, 0) is 0 Å². The average Bonchev–Trinajstić information content (AvgIpc) is 2.14. The number of nitrogens with two attached hydrogens (primary N) is 1. The highest BCUT2D eigenvalue weighted by molar-refractivity contribution is 5.47. The van der Waals surface area contributed by atoms with Gasteiger partial charge in [0.15, 0.2) is 0 Å². The molecule has 2 nitrogen and oxygen atoms in total. The summed E-state index contributed by atoms with van der Waals surface area (Å²) < 4.78 is 0. The van der Waals surface area contributed by atoms with Crippen LogP contribution in [0.3, 0.4) is 0 Å². The minimum absolute atomic E-state index is 0.732. The lowest BCUT2D eigenvalue weighted by atomic mass is 10.2. The van der Waals surface area contributed by atoms with Gasteiger partial charge in [-0.25, -0.2) is 0 Å². The van der Waals surface area contributed by atoms with Gasteiger partial charge in [0.25, 0.3) is 0 Å². The largest absolute Gasteiger partial charge is 0.403 e. The Morgan fingerprint density at radius 1 is 1.62 bits per heavy atom. The van der Waals surface area contributed by atoms with Gasteiger partial charge in [-0.15, -0.1) is 0 Å². The highest BCUT2D eigenvalue weighted by atomic mass is 14.6. The van der Waals surface area contributed by atoms with Gasteiger partial charge in [-0.3, -0.25) is 4.98 Å². The molecule has 0 aliphatic carbocycles. The van der Waals surface area contributed by atoms with Crippen molar-refractivity contribution >= 4 is 6.08 Å². The molecule has 68 valence electrons. The molecule has 1 rings (SSSR count). The zero-order chi connectivity index (χ0) is 9.52. The third-order valence-corrected chi connectivity index (χ3v) is 1.63. The van der Waals surface area contributed by atoms with Crippen LogP contribution in [0.4, 0.5) is 0 Å². The summed E-state index contributed by atoms with van der Waals surface area (Å²) in [5, 5.41) is 0. The van der Waals surface area contributed by atoms with E-state index >= 15 is 0 Å². The molecule has 0 saturated carbocycles. The topological polar surface area (TPSA) is 38.9 Å². The van der Waals surface area contributed by atoms with Crippen LogP contribution < -0.4 is 5.73 Å². The number of aromatic nitrogens is 1. The summed E-state index contributed by atoms with van der Waals surface area (Å²) >= 11 is 0. The minimum atomic E-state index is 0.732. The fourth-order valence-corrected chi connectivity index (χ4v) is 0.963. The molecule has 1 aromatic rings. The van der Waals surface area contributed by atoms with Crippen LogP contribution in [0.5, 0.6) is 0 Å². The zero-order valence-electron chi connectivity index (χ0n) is 7.61. The van der Waals surface area contributed by atoms with Crippen molar-refractivity contribution < 1.29 is 0 Å². The highest BCUT2D eigenvalue weighted by Crippen LogP contribution is 2.02. The van der Waals surface area contributed by atoms with Gasteiger partial charge in [0.05, 0.1) is 0 Å². The lowest BCUT2D eigenvalue weighted by molar-refractivity contribution is 0.969. The molecule has 0 aromatic carbocycles. The van der Waals surface area contributed by atoms with Gasteiger partial charge in [-0.2, -0.15) is 0 Å². The van der Waals surface area contributed by atoms with Crippen LogP contribution in [0.15, 0.2) is 42.9 Å². The maximum atomic E-state index is 5.43. The number of rotatable bonds is 4. The molecule has 2 heteroatoms. The van der Waals surface area contributed by atoms with Gasteiger partial charge in [0.1, 0.15) is 0 Å². The van der Waals surface area contributed by atoms with Crippen molar-refractivity contribution in [3.05, 3.63) is 48.4 Å². The van der Waals surface area contributed by atoms with E-state index in [0.29, 0.717) is 0 Å². The number of allylic oxidation sites excluding steroid dienone is 2. The molecule has 0 bridgehead atoms.